The van der Waals surface area contributed by atoms with Crippen LogP contribution in [0.4, 0.5) is 0 Å². The summed E-state index contributed by atoms with van der Waals surface area (Å²) >= 11 is 1.94. The van der Waals surface area contributed by atoms with Crippen molar-refractivity contribution in [3.8, 4) is 0 Å². The second-order valence-electron chi connectivity index (χ2n) is 5.29. The van der Waals surface area contributed by atoms with Gasteiger partial charge in [0.25, 0.3) is 0 Å². The smallest absolute Gasteiger partial charge is 0.226 e. The molecule has 0 aromatic heterocycles. The van der Waals surface area contributed by atoms with E-state index in [0.717, 1.165) is 44.0 Å². The molecule has 2 atom stereocenters. The van der Waals surface area contributed by atoms with Gasteiger partial charge in [-0.15, -0.1) is 0 Å². The second-order valence-corrected chi connectivity index (χ2v) is 6.43. The molecule has 1 aliphatic carbocycles. The predicted octanol–water partition coefficient (Wildman–Crippen LogP) is 1.72. The van der Waals surface area contributed by atoms with Gasteiger partial charge in [-0.2, -0.15) is 11.8 Å². The summed E-state index contributed by atoms with van der Waals surface area (Å²) < 4.78 is 0. The van der Waals surface area contributed by atoms with E-state index in [-0.39, 0.29) is 5.92 Å². The van der Waals surface area contributed by atoms with E-state index in [2.05, 4.69) is 11.2 Å². The van der Waals surface area contributed by atoms with Crippen LogP contribution in [-0.2, 0) is 4.79 Å². The standard InChI is InChI=1S/C13H24N2OS/c1-17-11-5-7-15(8-6-11)13(16)12-4-2-3-10(12)9-14/h10-12H,2-9,14H2,1H3. The first-order valence-corrected chi connectivity index (χ1v) is 8.06. The number of likely N-dealkylation sites (tertiary alicyclic amines) is 1. The highest BCUT2D eigenvalue weighted by molar-refractivity contribution is 7.99. The van der Waals surface area contributed by atoms with Crippen molar-refractivity contribution in [2.24, 2.45) is 17.6 Å². The molecule has 1 amide bonds. The van der Waals surface area contributed by atoms with Crippen LogP contribution in [0.1, 0.15) is 32.1 Å². The summed E-state index contributed by atoms with van der Waals surface area (Å²) in [6.07, 6.45) is 7.88. The summed E-state index contributed by atoms with van der Waals surface area (Å²) in [4.78, 5) is 14.5. The molecule has 2 aliphatic rings. The van der Waals surface area contributed by atoms with Gasteiger partial charge in [0.2, 0.25) is 5.91 Å². The van der Waals surface area contributed by atoms with Crippen molar-refractivity contribution in [1.29, 1.82) is 0 Å². The third kappa shape index (κ3) is 2.97. The molecule has 0 radical (unpaired) electrons. The normalized spacial score (nSPS) is 30.8. The minimum Gasteiger partial charge on any atom is -0.342 e. The minimum absolute atomic E-state index is 0.228. The molecule has 17 heavy (non-hydrogen) atoms. The maximum atomic E-state index is 12.4. The van der Waals surface area contributed by atoms with E-state index in [4.69, 9.17) is 5.73 Å². The van der Waals surface area contributed by atoms with E-state index in [0.29, 0.717) is 18.4 Å². The predicted molar refractivity (Wildman–Crippen MR) is 73.0 cm³/mol. The zero-order valence-electron chi connectivity index (χ0n) is 10.7. The van der Waals surface area contributed by atoms with Crippen LogP contribution in [0.2, 0.25) is 0 Å². The van der Waals surface area contributed by atoms with Crippen molar-refractivity contribution >= 4 is 17.7 Å². The Bertz CT molecular complexity index is 264. The molecule has 0 aromatic carbocycles. The molecule has 0 aromatic rings. The summed E-state index contributed by atoms with van der Waals surface area (Å²) in [5.74, 6) is 1.06. The average molecular weight is 256 g/mol. The minimum atomic E-state index is 0.228. The summed E-state index contributed by atoms with van der Waals surface area (Å²) in [6, 6.07) is 0. The van der Waals surface area contributed by atoms with Crippen molar-refractivity contribution in [3.63, 3.8) is 0 Å². The van der Waals surface area contributed by atoms with Crippen LogP contribution in [0.25, 0.3) is 0 Å². The molecule has 1 saturated heterocycles. The maximum Gasteiger partial charge on any atom is 0.226 e. The lowest BCUT2D eigenvalue weighted by Gasteiger charge is -2.34. The van der Waals surface area contributed by atoms with E-state index in [1.807, 2.05) is 11.8 Å². The van der Waals surface area contributed by atoms with E-state index in [9.17, 15) is 4.79 Å². The van der Waals surface area contributed by atoms with Gasteiger partial charge in [-0.1, -0.05) is 6.42 Å². The monoisotopic (exact) mass is 256 g/mol. The Kier molecular flexibility index (Phi) is 4.74. The Morgan fingerprint density at radius 1 is 1.29 bits per heavy atom. The van der Waals surface area contributed by atoms with Gasteiger partial charge in [0, 0.05) is 24.3 Å². The van der Waals surface area contributed by atoms with Crippen LogP contribution in [0.15, 0.2) is 0 Å². The Hall–Kier alpha value is -0.220. The fourth-order valence-corrected chi connectivity index (χ4v) is 3.87. The first kappa shape index (κ1) is 13.2. The van der Waals surface area contributed by atoms with Crippen molar-refractivity contribution < 1.29 is 4.79 Å². The SMILES string of the molecule is CSC1CCN(C(=O)C2CCCC2CN)CC1. The van der Waals surface area contributed by atoms with Gasteiger partial charge in [0.1, 0.15) is 0 Å². The van der Waals surface area contributed by atoms with Crippen molar-refractivity contribution in [3.05, 3.63) is 0 Å². The fraction of sp³-hybridized carbons (Fsp3) is 0.923. The molecular weight excluding hydrogens is 232 g/mol. The Morgan fingerprint density at radius 2 is 2.00 bits per heavy atom. The van der Waals surface area contributed by atoms with Crippen molar-refractivity contribution in [2.45, 2.75) is 37.4 Å². The van der Waals surface area contributed by atoms with Gasteiger partial charge in [-0.25, -0.2) is 0 Å². The number of nitrogens with two attached hydrogens (primary N) is 1. The molecule has 2 fully saturated rings. The largest absolute Gasteiger partial charge is 0.342 e. The van der Waals surface area contributed by atoms with Gasteiger partial charge < -0.3 is 10.6 Å². The van der Waals surface area contributed by atoms with Gasteiger partial charge >= 0.3 is 0 Å². The third-order valence-electron chi connectivity index (χ3n) is 4.37. The van der Waals surface area contributed by atoms with Crippen molar-refractivity contribution in [2.75, 3.05) is 25.9 Å². The number of carbonyl (C=O) groups excluding carboxylic acids is 1. The first-order valence-electron chi connectivity index (χ1n) is 6.78. The molecule has 0 spiro atoms. The lowest BCUT2D eigenvalue weighted by Crippen LogP contribution is -2.44. The van der Waals surface area contributed by atoms with E-state index in [1.54, 1.807) is 0 Å². The molecule has 98 valence electrons. The molecular formula is C13H24N2OS. The summed E-state index contributed by atoms with van der Waals surface area (Å²) in [5.41, 5.74) is 5.76. The number of rotatable bonds is 3. The highest BCUT2D eigenvalue weighted by Crippen LogP contribution is 2.33. The van der Waals surface area contributed by atoms with Gasteiger partial charge in [-0.3, -0.25) is 4.79 Å². The highest BCUT2D eigenvalue weighted by atomic mass is 32.2. The zero-order chi connectivity index (χ0) is 12.3. The molecule has 2 N–H and O–H groups in total. The molecule has 3 nitrogen and oxygen atoms in total. The maximum absolute atomic E-state index is 12.4. The number of amides is 1. The molecule has 1 aliphatic heterocycles. The van der Waals surface area contributed by atoms with Crippen molar-refractivity contribution in [1.82, 2.24) is 4.90 Å². The lowest BCUT2D eigenvalue weighted by molar-refractivity contribution is -0.137. The Morgan fingerprint density at radius 3 is 2.59 bits per heavy atom. The lowest BCUT2D eigenvalue weighted by atomic mass is 9.94. The second kappa shape index (κ2) is 6.10. The highest BCUT2D eigenvalue weighted by Gasteiger charge is 2.35. The van der Waals surface area contributed by atoms with Crippen LogP contribution in [0, 0.1) is 11.8 Å². The summed E-state index contributed by atoms with van der Waals surface area (Å²) in [6.45, 7) is 2.59. The fourth-order valence-electron chi connectivity index (χ4n) is 3.19. The summed E-state index contributed by atoms with van der Waals surface area (Å²) in [7, 11) is 0. The Balaban J connectivity index is 1.88. The first-order chi connectivity index (χ1) is 8.26. The molecule has 2 unspecified atom stereocenters. The molecule has 0 bridgehead atoms. The van der Waals surface area contributed by atoms with Crippen LogP contribution in [0.3, 0.4) is 0 Å². The van der Waals surface area contributed by atoms with Crippen LogP contribution in [-0.4, -0.2) is 41.9 Å². The average Bonchev–Trinajstić information content (AvgIpc) is 2.86. The number of carbonyl (C=O) groups is 1. The molecule has 4 heteroatoms. The number of piperidine rings is 1. The van der Waals surface area contributed by atoms with Gasteiger partial charge in [-0.05, 0) is 44.4 Å². The van der Waals surface area contributed by atoms with Crippen LogP contribution < -0.4 is 5.73 Å². The third-order valence-corrected chi connectivity index (χ3v) is 5.50. The van der Waals surface area contributed by atoms with Crippen LogP contribution >= 0.6 is 11.8 Å². The topological polar surface area (TPSA) is 46.3 Å². The van der Waals surface area contributed by atoms with E-state index < -0.39 is 0 Å². The molecule has 2 rings (SSSR count). The van der Waals surface area contributed by atoms with Crippen LogP contribution in [0.5, 0.6) is 0 Å². The number of hydrogen-bond donors (Lipinski definition) is 1. The van der Waals surface area contributed by atoms with Gasteiger partial charge in [0.15, 0.2) is 0 Å². The van der Waals surface area contributed by atoms with Gasteiger partial charge in [0.05, 0.1) is 0 Å². The van der Waals surface area contributed by atoms with E-state index in [1.165, 1.54) is 6.42 Å². The number of thioether (sulfide) groups is 1. The summed E-state index contributed by atoms with van der Waals surface area (Å²) in [5, 5.41) is 0.757. The molecule has 1 saturated carbocycles. The number of nitrogens with zero attached hydrogens (tertiary/aromatic N) is 1. The molecule has 1 heterocycles. The Labute approximate surface area is 108 Å². The van der Waals surface area contributed by atoms with E-state index >= 15 is 0 Å². The quantitative estimate of drug-likeness (QED) is 0.836. The number of hydrogen-bond acceptors (Lipinski definition) is 3. The zero-order valence-corrected chi connectivity index (χ0v) is 11.5.